The van der Waals surface area contributed by atoms with Crippen LogP contribution in [0.1, 0.15) is 24.0 Å². The highest BCUT2D eigenvalue weighted by molar-refractivity contribution is 5.49. The molecule has 6 atom stereocenters. The molecule has 0 N–H and O–H groups in total. The Bertz CT molecular complexity index is 664. The summed E-state index contributed by atoms with van der Waals surface area (Å²) < 4.78 is 17.5. The van der Waals surface area contributed by atoms with Crippen molar-refractivity contribution in [3.05, 3.63) is 29.3 Å². The molecule has 108 valence electrons. The van der Waals surface area contributed by atoms with Crippen LogP contribution in [0.15, 0.2) is 18.2 Å². The second-order valence-corrected chi connectivity index (χ2v) is 6.74. The Morgan fingerprint density at radius 2 is 2.29 bits per heavy atom. The molecule has 2 aliphatic carbocycles. The normalized spacial score (nSPS) is 45.0. The van der Waals surface area contributed by atoms with Gasteiger partial charge in [0.2, 0.25) is 0 Å². The summed E-state index contributed by atoms with van der Waals surface area (Å²) in [4.78, 5) is 0. The number of ether oxygens (including phenoxy) is 3. The van der Waals surface area contributed by atoms with Crippen molar-refractivity contribution in [2.45, 2.75) is 43.2 Å². The van der Waals surface area contributed by atoms with Crippen molar-refractivity contribution in [2.24, 2.45) is 11.8 Å². The van der Waals surface area contributed by atoms with Gasteiger partial charge in [-0.05, 0) is 42.5 Å². The van der Waals surface area contributed by atoms with Gasteiger partial charge in [0.1, 0.15) is 5.75 Å². The summed E-state index contributed by atoms with van der Waals surface area (Å²) in [6, 6.07) is 8.81. The average molecular weight is 283 g/mol. The van der Waals surface area contributed by atoms with Crippen molar-refractivity contribution in [3.8, 4) is 11.8 Å². The third kappa shape index (κ3) is 1.32. The zero-order chi connectivity index (χ0) is 14.2. The van der Waals surface area contributed by atoms with Crippen LogP contribution < -0.4 is 4.74 Å². The Morgan fingerprint density at radius 3 is 3.10 bits per heavy atom. The summed E-state index contributed by atoms with van der Waals surface area (Å²) >= 11 is 0. The Balaban J connectivity index is 1.73. The van der Waals surface area contributed by atoms with E-state index in [-0.39, 0.29) is 24.4 Å². The van der Waals surface area contributed by atoms with Gasteiger partial charge in [-0.25, -0.2) is 0 Å². The van der Waals surface area contributed by atoms with Gasteiger partial charge in [0.05, 0.1) is 30.8 Å². The molecule has 0 aromatic heterocycles. The van der Waals surface area contributed by atoms with E-state index in [1.165, 1.54) is 11.1 Å². The molecule has 4 nitrogen and oxygen atoms in total. The summed E-state index contributed by atoms with van der Waals surface area (Å²) in [6.45, 7) is 0. The highest BCUT2D eigenvalue weighted by Gasteiger charge is 2.66. The van der Waals surface area contributed by atoms with E-state index in [4.69, 9.17) is 14.2 Å². The van der Waals surface area contributed by atoms with Crippen LogP contribution >= 0.6 is 0 Å². The second kappa shape index (κ2) is 3.79. The van der Waals surface area contributed by atoms with E-state index < -0.39 is 5.41 Å². The molecule has 4 aliphatic rings. The topological polar surface area (TPSA) is 51.5 Å². The fourth-order valence-corrected chi connectivity index (χ4v) is 5.21. The molecule has 0 spiro atoms. The molecule has 4 heteroatoms. The first-order chi connectivity index (χ1) is 10.2. The molecule has 21 heavy (non-hydrogen) atoms. The Hall–Kier alpha value is -1.57. The van der Waals surface area contributed by atoms with Crippen molar-refractivity contribution >= 4 is 0 Å². The number of hydrogen-bond acceptors (Lipinski definition) is 4. The number of hydrogen-bond donors (Lipinski definition) is 0. The van der Waals surface area contributed by atoms with Crippen LogP contribution in [0.4, 0.5) is 0 Å². The molecule has 0 amide bonds. The van der Waals surface area contributed by atoms with Gasteiger partial charge in [-0.1, -0.05) is 6.07 Å². The van der Waals surface area contributed by atoms with Gasteiger partial charge in [-0.3, -0.25) is 0 Å². The first kappa shape index (κ1) is 12.0. The second-order valence-electron chi connectivity index (χ2n) is 6.74. The van der Waals surface area contributed by atoms with E-state index in [0.29, 0.717) is 5.92 Å². The van der Waals surface area contributed by atoms with Crippen molar-refractivity contribution in [2.75, 3.05) is 7.11 Å². The zero-order valence-corrected chi connectivity index (χ0v) is 11.9. The molecular weight excluding hydrogens is 266 g/mol. The largest absolute Gasteiger partial charge is 0.497 e. The molecule has 1 aromatic carbocycles. The maximum absolute atomic E-state index is 10.1. The fourth-order valence-electron chi connectivity index (χ4n) is 5.21. The minimum Gasteiger partial charge on any atom is -0.497 e. The van der Waals surface area contributed by atoms with Crippen molar-refractivity contribution in [1.82, 2.24) is 0 Å². The Labute approximate surface area is 123 Å². The van der Waals surface area contributed by atoms with Crippen LogP contribution in [-0.2, 0) is 21.3 Å². The Kier molecular flexibility index (Phi) is 2.17. The third-order valence-electron chi connectivity index (χ3n) is 5.91. The highest BCUT2D eigenvalue weighted by atomic mass is 16.7. The smallest absolute Gasteiger partial charge is 0.161 e. The van der Waals surface area contributed by atoms with Gasteiger partial charge < -0.3 is 14.2 Å². The molecular formula is C17H17NO3. The lowest BCUT2D eigenvalue weighted by Gasteiger charge is -2.46. The van der Waals surface area contributed by atoms with Gasteiger partial charge in [-0.15, -0.1) is 0 Å². The highest BCUT2D eigenvalue weighted by Crippen LogP contribution is 2.61. The Morgan fingerprint density at radius 1 is 1.38 bits per heavy atom. The maximum Gasteiger partial charge on any atom is 0.161 e. The fraction of sp³-hybridized carbons (Fsp3) is 0.588. The van der Waals surface area contributed by atoms with E-state index >= 15 is 0 Å². The lowest BCUT2D eigenvalue weighted by molar-refractivity contribution is -0.153. The van der Waals surface area contributed by atoms with E-state index in [9.17, 15) is 5.26 Å². The first-order valence-corrected chi connectivity index (χ1v) is 7.65. The summed E-state index contributed by atoms with van der Waals surface area (Å²) in [7, 11) is 1.68. The quantitative estimate of drug-likeness (QED) is 0.792. The number of nitrogens with zero attached hydrogens (tertiary/aromatic N) is 1. The molecule has 5 rings (SSSR count). The number of methoxy groups -OCH3 is 1. The van der Waals surface area contributed by atoms with E-state index in [1.807, 2.05) is 6.07 Å². The lowest BCUT2D eigenvalue weighted by atomic mass is 9.54. The number of rotatable bonds is 1. The summed E-state index contributed by atoms with van der Waals surface area (Å²) in [5, 5.41) is 10.1. The molecule has 1 aromatic rings. The first-order valence-electron chi connectivity index (χ1n) is 7.65. The van der Waals surface area contributed by atoms with Gasteiger partial charge in [0.25, 0.3) is 0 Å². The van der Waals surface area contributed by atoms with Crippen LogP contribution in [0.2, 0.25) is 0 Å². The summed E-state index contributed by atoms with van der Waals surface area (Å²) in [6.07, 6.45) is 2.92. The van der Waals surface area contributed by atoms with E-state index in [0.717, 1.165) is 25.0 Å². The molecule has 3 fully saturated rings. The van der Waals surface area contributed by atoms with Crippen LogP contribution in [0, 0.1) is 23.2 Å². The lowest BCUT2D eigenvalue weighted by Crippen LogP contribution is -2.51. The molecule has 2 heterocycles. The molecule has 1 saturated carbocycles. The van der Waals surface area contributed by atoms with Gasteiger partial charge in [-0.2, -0.15) is 5.26 Å². The number of benzene rings is 1. The molecule has 0 unspecified atom stereocenters. The van der Waals surface area contributed by atoms with Gasteiger partial charge >= 0.3 is 0 Å². The molecule has 2 bridgehead atoms. The van der Waals surface area contributed by atoms with Gasteiger partial charge in [0.15, 0.2) is 6.29 Å². The number of fused-ring (bicyclic) bond motifs is 3. The molecule has 0 radical (unpaired) electrons. The van der Waals surface area contributed by atoms with Crippen molar-refractivity contribution in [1.29, 1.82) is 5.26 Å². The van der Waals surface area contributed by atoms with Crippen LogP contribution in [0.3, 0.4) is 0 Å². The minimum absolute atomic E-state index is 0.0866. The molecule has 2 saturated heterocycles. The van der Waals surface area contributed by atoms with Crippen LogP contribution in [0.5, 0.6) is 5.75 Å². The van der Waals surface area contributed by atoms with Crippen LogP contribution in [0.25, 0.3) is 0 Å². The predicted molar refractivity (Wildman–Crippen MR) is 73.7 cm³/mol. The van der Waals surface area contributed by atoms with E-state index in [1.54, 1.807) is 7.11 Å². The standard InChI is InChI=1S/C17H17NO3/c1-19-10-2-3-13-9(4-10)5-14-15-12-6-11(20-16(12)21-14)7-17(13,15)8-18/h2-4,11-12,14-16H,5-7H2,1H3/t11-,12+,14-,15-,16-,17-/m1/s1. The monoisotopic (exact) mass is 283 g/mol. The molecule has 2 aliphatic heterocycles. The van der Waals surface area contributed by atoms with Crippen molar-refractivity contribution < 1.29 is 14.2 Å². The van der Waals surface area contributed by atoms with Crippen LogP contribution in [-0.4, -0.2) is 25.6 Å². The maximum atomic E-state index is 10.1. The minimum atomic E-state index is -0.441. The average Bonchev–Trinajstić information content (AvgIpc) is 2.99. The predicted octanol–water partition coefficient (Wildman–Crippen LogP) is 2.16. The van der Waals surface area contributed by atoms with E-state index in [2.05, 4.69) is 18.2 Å². The third-order valence-corrected chi connectivity index (χ3v) is 5.91. The zero-order valence-electron chi connectivity index (χ0n) is 11.9. The SMILES string of the molecule is COc1ccc2c(c1)C[C@H]1O[C@H]3O[C@@H]4C[C@H]3[C@H]1[C@@]2(C#N)C4. The van der Waals surface area contributed by atoms with Crippen molar-refractivity contribution in [3.63, 3.8) is 0 Å². The summed E-state index contributed by atoms with van der Waals surface area (Å²) in [5.74, 6) is 1.53. The number of nitriles is 1. The van der Waals surface area contributed by atoms with Gasteiger partial charge in [0, 0.05) is 11.8 Å². The summed E-state index contributed by atoms with van der Waals surface area (Å²) in [5.41, 5.74) is 1.94.